The van der Waals surface area contributed by atoms with Crippen LogP contribution in [-0.2, 0) is 11.2 Å². The lowest BCUT2D eigenvalue weighted by atomic mass is 10.1. The van der Waals surface area contributed by atoms with Gasteiger partial charge in [0.2, 0.25) is 0 Å². The summed E-state index contributed by atoms with van der Waals surface area (Å²) in [4.78, 5) is 22.5. The molecule has 0 aliphatic heterocycles. The molecule has 0 fully saturated rings. The number of carbonyl (C=O) groups excluding carboxylic acids is 1. The van der Waals surface area contributed by atoms with Crippen LogP contribution in [0.2, 0.25) is 0 Å². The van der Waals surface area contributed by atoms with Gasteiger partial charge in [0.1, 0.15) is 0 Å². The molecular formula is C11H9N3O3S. The second kappa shape index (κ2) is 5.37. The van der Waals surface area contributed by atoms with Crippen LogP contribution in [0.5, 0.6) is 0 Å². The maximum atomic E-state index is 11.8. The van der Waals surface area contributed by atoms with E-state index >= 15 is 0 Å². The molecular weight excluding hydrogens is 254 g/mol. The molecule has 0 atom stereocenters. The molecule has 1 heterocycles. The Morgan fingerprint density at radius 3 is 2.78 bits per heavy atom. The maximum Gasteiger partial charge on any atom is 0.307 e. The number of aromatic nitrogens is 2. The third-order valence-electron chi connectivity index (χ3n) is 2.20. The highest BCUT2D eigenvalue weighted by Crippen LogP contribution is 2.16. The van der Waals surface area contributed by atoms with Gasteiger partial charge in [-0.3, -0.25) is 9.59 Å². The SMILES string of the molecule is O=C(O)Cc1ccccc1NC(=O)c1csnn1. The Morgan fingerprint density at radius 1 is 1.33 bits per heavy atom. The first kappa shape index (κ1) is 12.2. The first-order valence-electron chi connectivity index (χ1n) is 5.05. The van der Waals surface area contributed by atoms with Crippen molar-refractivity contribution >= 4 is 29.1 Å². The highest BCUT2D eigenvalue weighted by Gasteiger charge is 2.12. The number of carbonyl (C=O) groups is 2. The van der Waals surface area contributed by atoms with Gasteiger partial charge in [0.05, 0.1) is 6.42 Å². The highest BCUT2D eigenvalue weighted by molar-refractivity contribution is 7.03. The summed E-state index contributed by atoms with van der Waals surface area (Å²) in [6.07, 6.45) is -0.147. The van der Waals surface area contributed by atoms with E-state index in [0.29, 0.717) is 11.3 Å². The van der Waals surface area contributed by atoms with Crippen molar-refractivity contribution in [2.75, 3.05) is 5.32 Å². The second-order valence-electron chi connectivity index (χ2n) is 3.47. The third kappa shape index (κ3) is 2.89. The summed E-state index contributed by atoms with van der Waals surface area (Å²) in [5.74, 6) is -1.35. The number of benzene rings is 1. The second-order valence-corrected chi connectivity index (χ2v) is 4.08. The fourth-order valence-corrected chi connectivity index (χ4v) is 1.85. The summed E-state index contributed by atoms with van der Waals surface area (Å²) in [5, 5.41) is 16.6. The molecule has 2 aromatic rings. The van der Waals surface area contributed by atoms with Crippen LogP contribution in [0, 0.1) is 0 Å². The monoisotopic (exact) mass is 263 g/mol. The Kier molecular flexibility index (Phi) is 3.63. The van der Waals surface area contributed by atoms with Crippen molar-refractivity contribution in [1.29, 1.82) is 0 Å². The number of hydrogen-bond donors (Lipinski definition) is 2. The lowest BCUT2D eigenvalue weighted by Crippen LogP contribution is -2.14. The first-order chi connectivity index (χ1) is 8.66. The zero-order valence-electron chi connectivity index (χ0n) is 9.16. The lowest BCUT2D eigenvalue weighted by molar-refractivity contribution is -0.136. The summed E-state index contributed by atoms with van der Waals surface area (Å²) in [6, 6.07) is 6.75. The largest absolute Gasteiger partial charge is 0.481 e. The van der Waals surface area contributed by atoms with E-state index in [9.17, 15) is 9.59 Å². The van der Waals surface area contributed by atoms with E-state index in [4.69, 9.17) is 5.11 Å². The Bertz CT molecular complexity index is 569. The van der Waals surface area contributed by atoms with Crippen molar-refractivity contribution in [1.82, 2.24) is 9.59 Å². The summed E-state index contributed by atoms with van der Waals surface area (Å²) in [5.41, 5.74) is 1.23. The van der Waals surface area contributed by atoms with Gasteiger partial charge in [0.25, 0.3) is 5.91 Å². The predicted molar refractivity (Wildman–Crippen MR) is 65.6 cm³/mol. The summed E-state index contributed by atoms with van der Waals surface area (Å²) < 4.78 is 3.59. The zero-order valence-corrected chi connectivity index (χ0v) is 9.98. The predicted octanol–water partition coefficient (Wildman–Crippen LogP) is 1.42. The Morgan fingerprint density at radius 2 is 2.11 bits per heavy atom. The van der Waals surface area contributed by atoms with E-state index in [1.165, 1.54) is 5.38 Å². The van der Waals surface area contributed by atoms with Gasteiger partial charge in [-0.05, 0) is 23.2 Å². The minimum atomic E-state index is -0.952. The van der Waals surface area contributed by atoms with Gasteiger partial charge in [-0.25, -0.2) is 0 Å². The highest BCUT2D eigenvalue weighted by atomic mass is 32.1. The number of rotatable bonds is 4. The van der Waals surface area contributed by atoms with E-state index in [0.717, 1.165) is 11.5 Å². The number of nitrogens with zero attached hydrogens (tertiary/aromatic N) is 2. The molecule has 0 aliphatic carbocycles. The van der Waals surface area contributed by atoms with E-state index in [2.05, 4.69) is 14.9 Å². The zero-order chi connectivity index (χ0) is 13.0. The quantitative estimate of drug-likeness (QED) is 0.870. The van der Waals surface area contributed by atoms with Gasteiger partial charge in [0, 0.05) is 11.1 Å². The number of carboxylic acid groups (broad SMARTS) is 1. The molecule has 0 spiro atoms. The Labute approximate surface area is 106 Å². The minimum absolute atomic E-state index is 0.147. The Balaban J connectivity index is 2.18. The standard InChI is InChI=1S/C11H9N3O3S/c15-10(16)5-7-3-1-2-4-8(7)12-11(17)9-6-18-14-13-9/h1-4,6H,5H2,(H,12,17)(H,15,16). The number of nitrogens with one attached hydrogen (secondary N) is 1. The van der Waals surface area contributed by atoms with Gasteiger partial charge in [-0.2, -0.15) is 0 Å². The van der Waals surface area contributed by atoms with Crippen molar-refractivity contribution in [2.24, 2.45) is 0 Å². The van der Waals surface area contributed by atoms with E-state index in [1.807, 2.05) is 0 Å². The summed E-state index contributed by atoms with van der Waals surface area (Å²) in [6.45, 7) is 0. The number of para-hydroxylation sites is 1. The van der Waals surface area contributed by atoms with Crippen molar-refractivity contribution in [3.63, 3.8) is 0 Å². The number of carboxylic acids is 1. The van der Waals surface area contributed by atoms with Crippen molar-refractivity contribution in [3.8, 4) is 0 Å². The van der Waals surface area contributed by atoms with Crippen molar-refractivity contribution < 1.29 is 14.7 Å². The maximum absolute atomic E-state index is 11.8. The molecule has 2 rings (SSSR count). The molecule has 0 saturated carbocycles. The molecule has 1 aromatic carbocycles. The van der Waals surface area contributed by atoms with Crippen molar-refractivity contribution in [2.45, 2.75) is 6.42 Å². The van der Waals surface area contributed by atoms with E-state index in [-0.39, 0.29) is 12.1 Å². The van der Waals surface area contributed by atoms with Crippen LogP contribution in [0.4, 0.5) is 5.69 Å². The van der Waals surface area contributed by atoms with Crippen molar-refractivity contribution in [3.05, 3.63) is 40.9 Å². The molecule has 2 N–H and O–H groups in total. The topological polar surface area (TPSA) is 92.2 Å². The van der Waals surface area contributed by atoms with Gasteiger partial charge in [0.15, 0.2) is 5.69 Å². The Hall–Kier alpha value is -2.28. The number of aliphatic carboxylic acids is 1. The molecule has 7 heteroatoms. The van der Waals surface area contributed by atoms with Crippen LogP contribution in [0.1, 0.15) is 16.1 Å². The molecule has 6 nitrogen and oxygen atoms in total. The van der Waals surface area contributed by atoms with Gasteiger partial charge < -0.3 is 10.4 Å². The van der Waals surface area contributed by atoms with E-state index < -0.39 is 11.9 Å². The molecule has 0 bridgehead atoms. The molecule has 18 heavy (non-hydrogen) atoms. The van der Waals surface area contributed by atoms with Crippen LogP contribution in [-0.4, -0.2) is 26.6 Å². The molecule has 0 aliphatic rings. The van der Waals surface area contributed by atoms with E-state index in [1.54, 1.807) is 24.3 Å². The minimum Gasteiger partial charge on any atom is -0.481 e. The van der Waals surface area contributed by atoms with Gasteiger partial charge in [-0.15, -0.1) is 5.10 Å². The van der Waals surface area contributed by atoms with Crippen LogP contribution < -0.4 is 5.32 Å². The average molecular weight is 263 g/mol. The van der Waals surface area contributed by atoms with Crippen LogP contribution in [0.3, 0.4) is 0 Å². The third-order valence-corrected chi connectivity index (χ3v) is 2.70. The molecule has 0 radical (unpaired) electrons. The summed E-state index contributed by atoms with van der Waals surface area (Å²) in [7, 11) is 0. The molecule has 92 valence electrons. The molecule has 1 aromatic heterocycles. The average Bonchev–Trinajstić information content (AvgIpc) is 2.84. The molecule has 0 saturated heterocycles. The number of anilines is 1. The smallest absolute Gasteiger partial charge is 0.307 e. The normalized spacial score (nSPS) is 10.0. The first-order valence-corrected chi connectivity index (χ1v) is 5.88. The fourth-order valence-electron chi connectivity index (χ4n) is 1.41. The van der Waals surface area contributed by atoms with Gasteiger partial charge in [-0.1, -0.05) is 22.7 Å². The van der Waals surface area contributed by atoms with Gasteiger partial charge >= 0.3 is 5.97 Å². The lowest BCUT2D eigenvalue weighted by Gasteiger charge is -2.08. The summed E-state index contributed by atoms with van der Waals surface area (Å²) >= 11 is 1.08. The number of hydrogen-bond acceptors (Lipinski definition) is 5. The van der Waals surface area contributed by atoms with Crippen LogP contribution in [0.25, 0.3) is 0 Å². The fraction of sp³-hybridized carbons (Fsp3) is 0.0909. The molecule has 1 amide bonds. The van der Waals surface area contributed by atoms with Crippen LogP contribution >= 0.6 is 11.5 Å². The molecule has 0 unspecified atom stereocenters. The number of amides is 1. The van der Waals surface area contributed by atoms with Crippen LogP contribution in [0.15, 0.2) is 29.6 Å².